The van der Waals surface area contributed by atoms with Crippen molar-refractivity contribution in [1.82, 2.24) is 0 Å². The summed E-state index contributed by atoms with van der Waals surface area (Å²) >= 11 is 0.750. The maximum atomic E-state index is 8.74. The molecular formula is H3KO5STi. The van der Waals surface area contributed by atoms with E-state index in [2.05, 4.69) is 0 Å². The van der Waals surface area contributed by atoms with Crippen molar-refractivity contribution in [2.24, 2.45) is 0 Å². The van der Waals surface area contributed by atoms with E-state index in [-0.39, 0.29) is 51.4 Å². The molecule has 0 heterocycles. The van der Waals surface area contributed by atoms with Crippen molar-refractivity contribution in [2.75, 3.05) is 0 Å². The average Bonchev–Trinajstić information content (AvgIpc) is 1.36. The topological polar surface area (TPSA) is 91.7 Å². The summed E-state index contributed by atoms with van der Waals surface area (Å²) in [5.74, 6) is 0. The third-order valence-electron chi connectivity index (χ3n) is 0. The van der Waals surface area contributed by atoms with Crippen molar-refractivity contribution in [1.29, 1.82) is 0 Å². The molecule has 5 nitrogen and oxygen atoms in total. The van der Waals surface area contributed by atoms with E-state index < -0.39 is 10.4 Å². The zero-order valence-corrected chi connectivity index (χ0v) is 5.41. The average molecular weight is 202 g/mol. The summed E-state index contributed by atoms with van der Waals surface area (Å²) in [7, 11) is -4.67. The van der Waals surface area contributed by atoms with Crippen molar-refractivity contribution in [3.63, 3.8) is 0 Å². The van der Waals surface area contributed by atoms with Gasteiger partial charge in [0.05, 0.1) is 0 Å². The zero-order chi connectivity index (χ0) is 6.50. The molecule has 0 atom stereocenters. The van der Waals surface area contributed by atoms with Crippen LogP contribution in [0.1, 0.15) is 0 Å². The Morgan fingerprint density at radius 1 is 1.12 bits per heavy atom. The molecule has 0 amide bonds. The standard InChI is InChI=1S/K.H2O4S.O.Ti.H/c;1-5(2,3)4;;;/h;(H2,1,2,3,4);;;. The Labute approximate surface area is 101 Å². The van der Waals surface area contributed by atoms with E-state index in [9.17, 15) is 0 Å². The Kier molecular flexibility index (Phi) is 18.7. The second-order valence-corrected chi connectivity index (χ2v) is 1.34. The molecule has 0 unspecified atom stereocenters. The Bertz CT molecular complexity index is 106. The van der Waals surface area contributed by atoms with Crippen molar-refractivity contribution < 1.29 is 41.3 Å². The van der Waals surface area contributed by atoms with Crippen LogP contribution in [0.3, 0.4) is 0 Å². The van der Waals surface area contributed by atoms with Crippen LogP contribution >= 0.6 is 0 Å². The van der Waals surface area contributed by atoms with Gasteiger partial charge in [-0.05, 0) is 0 Å². The molecule has 0 aromatic heterocycles. The summed E-state index contributed by atoms with van der Waals surface area (Å²) in [6, 6.07) is 0. The zero-order valence-electron chi connectivity index (χ0n) is 3.03. The van der Waals surface area contributed by atoms with Gasteiger partial charge in [0, 0.05) is 0 Å². The molecule has 0 rings (SSSR count). The van der Waals surface area contributed by atoms with E-state index in [4.69, 9.17) is 20.8 Å². The fraction of sp³-hybridized carbons (Fsp3) is 0. The molecule has 0 radical (unpaired) electrons. The van der Waals surface area contributed by atoms with Crippen LogP contribution in [0.5, 0.6) is 0 Å². The second-order valence-electron chi connectivity index (χ2n) is 0.448. The fourth-order valence-corrected chi connectivity index (χ4v) is 0. The van der Waals surface area contributed by atoms with Gasteiger partial charge in [0.2, 0.25) is 0 Å². The van der Waals surface area contributed by atoms with Crippen molar-refractivity contribution in [3.05, 3.63) is 0 Å². The number of hydrogen-bond acceptors (Lipinski definition) is 3. The minimum absolute atomic E-state index is 0. The van der Waals surface area contributed by atoms with E-state index in [1.165, 1.54) is 0 Å². The molecule has 8 heavy (non-hydrogen) atoms. The van der Waals surface area contributed by atoms with Crippen LogP contribution in [0, 0.1) is 0 Å². The first-order valence-corrected chi connectivity index (χ1v) is 2.94. The third kappa shape index (κ3) is 96.8. The summed E-state index contributed by atoms with van der Waals surface area (Å²) in [5.41, 5.74) is 0. The van der Waals surface area contributed by atoms with Gasteiger partial charge >= 0.3 is 85.5 Å². The normalized spacial score (nSPS) is 7.62. The van der Waals surface area contributed by atoms with Crippen LogP contribution in [0.4, 0.5) is 0 Å². The molecule has 8 heteroatoms. The van der Waals surface area contributed by atoms with Crippen LogP contribution in [0.25, 0.3) is 0 Å². The van der Waals surface area contributed by atoms with Crippen LogP contribution in [-0.4, -0.2) is 68.9 Å². The number of rotatable bonds is 0. The first-order valence-electron chi connectivity index (χ1n) is 0.903. The summed E-state index contributed by atoms with van der Waals surface area (Å²) in [4.78, 5) is 0. The molecule has 0 saturated heterocycles. The van der Waals surface area contributed by atoms with Gasteiger partial charge in [-0.3, -0.25) is 9.11 Å². The molecule has 0 aliphatic carbocycles. The number of hydrogen-bond donors (Lipinski definition) is 2. The van der Waals surface area contributed by atoms with Gasteiger partial charge in [-0.2, -0.15) is 8.42 Å². The monoisotopic (exact) mass is 202 g/mol. The van der Waals surface area contributed by atoms with Crippen molar-refractivity contribution in [3.8, 4) is 0 Å². The molecule has 0 fully saturated rings. The van der Waals surface area contributed by atoms with Gasteiger partial charge in [0.15, 0.2) is 0 Å². The van der Waals surface area contributed by atoms with Gasteiger partial charge in [-0.1, -0.05) is 0 Å². The van der Waals surface area contributed by atoms with E-state index in [1.807, 2.05) is 0 Å². The molecule has 2 N–H and O–H groups in total. The van der Waals surface area contributed by atoms with E-state index in [1.54, 1.807) is 0 Å². The first-order chi connectivity index (χ1) is 3.00. The Morgan fingerprint density at radius 2 is 1.12 bits per heavy atom. The second kappa shape index (κ2) is 9.02. The molecule has 0 spiro atoms. The van der Waals surface area contributed by atoms with Crippen LogP contribution in [-0.2, 0) is 34.1 Å². The van der Waals surface area contributed by atoms with Gasteiger partial charge in [-0.25, -0.2) is 0 Å². The third-order valence-corrected chi connectivity index (χ3v) is 0. The quantitative estimate of drug-likeness (QED) is 0.371. The fourth-order valence-electron chi connectivity index (χ4n) is 0. The SMILES string of the molecule is O=S(=O)(O)O.[KH].[O]=[Ti]. The minimum atomic E-state index is -4.67. The molecule has 0 aromatic rings. The first kappa shape index (κ1) is 16.5. The van der Waals surface area contributed by atoms with Crippen LogP contribution in [0.2, 0.25) is 0 Å². The Morgan fingerprint density at radius 3 is 1.12 bits per heavy atom. The summed E-state index contributed by atoms with van der Waals surface area (Å²) in [6.07, 6.45) is 0. The van der Waals surface area contributed by atoms with Crippen molar-refractivity contribution >= 4 is 61.8 Å². The maximum absolute atomic E-state index is 8.74. The van der Waals surface area contributed by atoms with Crippen LogP contribution in [0.15, 0.2) is 0 Å². The summed E-state index contributed by atoms with van der Waals surface area (Å²) < 4.78 is 39.8. The van der Waals surface area contributed by atoms with Crippen molar-refractivity contribution in [2.45, 2.75) is 0 Å². The molecular weight excluding hydrogens is 199 g/mol. The van der Waals surface area contributed by atoms with Gasteiger partial charge in [0.25, 0.3) is 0 Å². The van der Waals surface area contributed by atoms with Crippen LogP contribution < -0.4 is 0 Å². The predicted molar refractivity (Wildman–Crippen MR) is 22.0 cm³/mol. The summed E-state index contributed by atoms with van der Waals surface area (Å²) in [6.45, 7) is 0. The molecule has 0 bridgehead atoms. The van der Waals surface area contributed by atoms with E-state index in [0.717, 1.165) is 20.4 Å². The molecule has 44 valence electrons. The van der Waals surface area contributed by atoms with Gasteiger partial charge < -0.3 is 0 Å². The van der Waals surface area contributed by atoms with Gasteiger partial charge in [-0.15, -0.1) is 0 Å². The van der Waals surface area contributed by atoms with E-state index >= 15 is 0 Å². The molecule has 0 saturated carbocycles. The molecule has 0 aromatic carbocycles. The van der Waals surface area contributed by atoms with E-state index in [0.29, 0.717) is 0 Å². The summed E-state index contributed by atoms with van der Waals surface area (Å²) in [5, 5.41) is 0. The van der Waals surface area contributed by atoms with Gasteiger partial charge in [0.1, 0.15) is 0 Å². The molecule has 0 aliphatic heterocycles. The Hall–Kier alpha value is 2.02. The Balaban J connectivity index is -0.0000000750. The molecule has 0 aliphatic rings. The predicted octanol–water partition coefficient (Wildman–Crippen LogP) is -1.42.